The van der Waals surface area contributed by atoms with E-state index in [9.17, 15) is 9.18 Å². The first-order valence-corrected chi connectivity index (χ1v) is 12.3. The van der Waals surface area contributed by atoms with Crippen LogP contribution in [-0.2, 0) is 4.79 Å². The minimum Gasteiger partial charge on any atom is -0.493 e. The standard InChI is InChI=1S/C27H27ClFN3O3S/c1-18-3-7-21(8-4-18)30-25(33)17-35-26-23(28)15-19(16-24(26)34-2)27(36)32-13-11-31(12-14-32)22-9-5-20(29)6-10-22/h3-10,15-16H,11-14,17H2,1-2H3,(H,30,33). The number of nitrogens with one attached hydrogen (secondary N) is 1. The fourth-order valence-electron chi connectivity index (χ4n) is 3.96. The van der Waals surface area contributed by atoms with Crippen molar-refractivity contribution in [2.75, 3.05) is 50.1 Å². The number of nitrogens with zero attached hydrogens (tertiary/aromatic N) is 2. The van der Waals surface area contributed by atoms with Crippen LogP contribution in [0.2, 0.25) is 5.02 Å². The Balaban J connectivity index is 1.38. The third-order valence-corrected chi connectivity index (χ3v) is 6.69. The molecule has 1 heterocycles. The molecule has 1 amide bonds. The van der Waals surface area contributed by atoms with Gasteiger partial charge >= 0.3 is 0 Å². The molecule has 0 atom stereocenters. The molecule has 0 aliphatic carbocycles. The molecule has 1 aliphatic heterocycles. The summed E-state index contributed by atoms with van der Waals surface area (Å²) in [5.74, 6) is 0.123. The maximum Gasteiger partial charge on any atom is 0.262 e. The van der Waals surface area contributed by atoms with Gasteiger partial charge in [0.2, 0.25) is 0 Å². The predicted molar refractivity (Wildman–Crippen MR) is 145 cm³/mol. The molecular formula is C27H27ClFN3O3S. The molecule has 0 radical (unpaired) electrons. The summed E-state index contributed by atoms with van der Waals surface area (Å²) in [7, 11) is 1.51. The van der Waals surface area contributed by atoms with Crippen LogP contribution in [0.5, 0.6) is 11.5 Å². The third kappa shape index (κ3) is 6.25. The number of hydrogen-bond donors (Lipinski definition) is 1. The van der Waals surface area contributed by atoms with Gasteiger partial charge in [0.1, 0.15) is 10.8 Å². The molecular weight excluding hydrogens is 501 g/mol. The zero-order valence-corrected chi connectivity index (χ0v) is 21.7. The number of hydrogen-bond acceptors (Lipinski definition) is 5. The van der Waals surface area contributed by atoms with Crippen molar-refractivity contribution in [3.63, 3.8) is 0 Å². The Kier molecular flexibility index (Phi) is 8.28. The number of methoxy groups -OCH3 is 1. The molecule has 0 saturated carbocycles. The highest BCUT2D eigenvalue weighted by atomic mass is 35.5. The van der Waals surface area contributed by atoms with E-state index in [0.717, 1.165) is 29.9 Å². The van der Waals surface area contributed by atoms with E-state index in [1.165, 1.54) is 19.2 Å². The summed E-state index contributed by atoms with van der Waals surface area (Å²) in [5.41, 5.74) is 3.51. The fraction of sp³-hybridized carbons (Fsp3) is 0.259. The smallest absolute Gasteiger partial charge is 0.262 e. The average molecular weight is 528 g/mol. The number of aryl methyl sites for hydroxylation is 1. The highest BCUT2D eigenvalue weighted by Crippen LogP contribution is 2.37. The van der Waals surface area contributed by atoms with E-state index < -0.39 is 0 Å². The Morgan fingerprint density at radius 3 is 2.36 bits per heavy atom. The summed E-state index contributed by atoms with van der Waals surface area (Å²) in [4.78, 5) is 17.3. The Morgan fingerprint density at radius 1 is 1.06 bits per heavy atom. The van der Waals surface area contributed by atoms with Crippen LogP contribution in [0.1, 0.15) is 11.1 Å². The van der Waals surface area contributed by atoms with E-state index in [2.05, 4.69) is 15.1 Å². The number of amides is 1. The minimum atomic E-state index is -0.310. The quantitative estimate of drug-likeness (QED) is 0.420. The zero-order chi connectivity index (χ0) is 25.7. The van der Waals surface area contributed by atoms with Gasteiger partial charge in [-0.2, -0.15) is 0 Å². The number of carbonyl (C=O) groups excluding carboxylic acids is 1. The Hall–Kier alpha value is -3.36. The van der Waals surface area contributed by atoms with Gasteiger partial charge in [0.15, 0.2) is 18.1 Å². The van der Waals surface area contributed by atoms with Crippen molar-refractivity contribution in [2.45, 2.75) is 6.92 Å². The molecule has 0 aromatic heterocycles. The maximum absolute atomic E-state index is 13.2. The van der Waals surface area contributed by atoms with E-state index in [1.54, 1.807) is 24.3 Å². The van der Waals surface area contributed by atoms with Gasteiger partial charge < -0.3 is 24.6 Å². The number of anilines is 2. The molecule has 188 valence electrons. The maximum atomic E-state index is 13.2. The molecule has 1 aliphatic rings. The monoisotopic (exact) mass is 527 g/mol. The second-order valence-electron chi connectivity index (χ2n) is 8.45. The SMILES string of the molecule is COc1cc(C(=S)N2CCN(c3ccc(F)cc3)CC2)cc(Cl)c1OCC(=O)Nc1ccc(C)cc1. The number of thiocarbonyl (C=S) groups is 1. The predicted octanol–water partition coefficient (Wildman–Crippen LogP) is 5.31. The van der Waals surface area contributed by atoms with Gasteiger partial charge in [-0.3, -0.25) is 4.79 Å². The van der Waals surface area contributed by atoms with Crippen molar-refractivity contribution < 1.29 is 18.7 Å². The molecule has 6 nitrogen and oxygen atoms in total. The summed E-state index contributed by atoms with van der Waals surface area (Å²) in [5, 5.41) is 3.09. The lowest BCUT2D eigenvalue weighted by Crippen LogP contribution is -2.48. The molecule has 0 unspecified atom stereocenters. The Morgan fingerprint density at radius 2 is 1.72 bits per heavy atom. The van der Waals surface area contributed by atoms with Crippen LogP contribution in [-0.4, -0.2) is 55.7 Å². The first kappa shape index (κ1) is 25.7. The van der Waals surface area contributed by atoms with Crippen molar-refractivity contribution in [1.82, 2.24) is 4.90 Å². The lowest BCUT2D eigenvalue weighted by molar-refractivity contribution is -0.118. The first-order chi connectivity index (χ1) is 17.3. The Labute approximate surface area is 220 Å². The fourth-order valence-corrected chi connectivity index (χ4v) is 4.52. The molecule has 0 spiro atoms. The van der Waals surface area contributed by atoms with Gasteiger partial charge in [0.25, 0.3) is 5.91 Å². The van der Waals surface area contributed by atoms with Crippen LogP contribution < -0.4 is 19.7 Å². The second-order valence-corrected chi connectivity index (χ2v) is 9.24. The van der Waals surface area contributed by atoms with E-state index in [1.807, 2.05) is 31.2 Å². The molecule has 0 bridgehead atoms. The molecule has 3 aromatic carbocycles. The van der Waals surface area contributed by atoms with E-state index in [4.69, 9.17) is 33.3 Å². The molecule has 1 N–H and O–H groups in total. The van der Waals surface area contributed by atoms with E-state index in [-0.39, 0.29) is 24.1 Å². The number of carbonyl (C=O) groups is 1. The number of rotatable bonds is 7. The molecule has 1 fully saturated rings. The first-order valence-electron chi connectivity index (χ1n) is 11.5. The molecule has 3 aromatic rings. The summed E-state index contributed by atoms with van der Waals surface area (Å²) in [6.45, 7) is 4.70. The zero-order valence-electron chi connectivity index (χ0n) is 20.1. The molecule has 9 heteroatoms. The van der Waals surface area contributed by atoms with Crippen LogP contribution in [0, 0.1) is 12.7 Å². The van der Waals surface area contributed by atoms with Crippen LogP contribution in [0.25, 0.3) is 0 Å². The van der Waals surface area contributed by atoms with Crippen molar-refractivity contribution >= 4 is 46.1 Å². The molecule has 1 saturated heterocycles. The summed E-state index contributed by atoms with van der Waals surface area (Å²) in [6.07, 6.45) is 0. The van der Waals surface area contributed by atoms with Crippen molar-refractivity contribution in [2.24, 2.45) is 0 Å². The van der Waals surface area contributed by atoms with Crippen LogP contribution in [0.4, 0.5) is 15.8 Å². The van der Waals surface area contributed by atoms with Gasteiger partial charge in [-0.15, -0.1) is 0 Å². The molecule has 36 heavy (non-hydrogen) atoms. The minimum absolute atomic E-state index is 0.223. The number of ether oxygens (including phenoxy) is 2. The van der Waals surface area contributed by atoms with Crippen LogP contribution >= 0.6 is 23.8 Å². The number of halogens is 2. The lowest BCUT2D eigenvalue weighted by atomic mass is 10.1. The van der Waals surface area contributed by atoms with Gasteiger partial charge in [0, 0.05) is 43.1 Å². The molecule has 4 rings (SSSR count). The third-order valence-electron chi connectivity index (χ3n) is 5.92. The van der Waals surface area contributed by atoms with Crippen molar-refractivity contribution in [3.8, 4) is 11.5 Å². The normalized spacial score (nSPS) is 13.3. The van der Waals surface area contributed by atoms with E-state index in [0.29, 0.717) is 34.5 Å². The highest BCUT2D eigenvalue weighted by Gasteiger charge is 2.22. The van der Waals surface area contributed by atoms with Gasteiger partial charge in [0.05, 0.1) is 12.1 Å². The average Bonchev–Trinajstić information content (AvgIpc) is 2.89. The topological polar surface area (TPSA) is 54.0 Å². The second kappa shape index (κ2) is 11.6. The number of benzene rings is 3. The summed E-state index contributed by atoms with van der Waals surface area (Å²) in [6, 6.07) is 17.5. The largest absolute Gasteiger partial charge is 0.493 e. The van der Waals surface area contributed by atoms with Crippen molar-refractivity contribution in [1.29, 1.82) is 0 Å². The van der Waals surface area contributed by atoms with Crippen LogP contribution in [0.3, 0.4) is 0 Å². The van der Waals surface area contributed by atoms with Gasteiger partial charge in [-0.1, -0.05) is 41.5 Å². The van der Waals surface area contributed by atoms with Crippen LogP contribution in [0.15, 0.2) is 60.7 Å². The van der Waals surface area contributed by atoms with Gasteiger partial charge in [-0.25, -0.2) is 4.39 Å². The highest BCUT2D eigenvalue weighted by molar-refractivity contribution is 7.80. The summed E-state index contributed by atoms with van der Waals surface area (Å²) < 4.78 is 24.4. The lowest BCUT2D eigenvalue weighted by Gasteiger charge is -2.37. The van der Waals surface area contributed by atoms with Crippen molar-refractivity contribution in [3.05, 3.63) is 82.6 Å². The summed E-state index contributed by atoms with van der Waals surface area (Å²) >= 11 is 12.3. The van der Waals surface area contributed by atoms with E-state index >= 15 is 0 Å². The Bertz CT molecular complexity index is 1230. The number of piperazine rings is 1. The van der Waals surface area contributed by atoms with Gasteiger partial charge in [-0.05, 0) is 55.5 Å².